The highest BCUT2D eigenvalue weighted by Crippen LogP contribution is 2.34. The second kappa shape index (κ2) is 12.2. The molecule has 3 aliphatic carbocycles. The summed E-state index contributed by atoms with van der Waals surface area (Å²) in [5, 5.41) is 0. The van der Waals surface area contributed by atoms with Gasteiger partial charge in [0.15, 0.2) is 0 Å². The topological polar surface area (TPSA) is 0 Å². The summed E-state index contributed by atoms with van der Waals surface area (Å²) in [5.41, 5.74) is 1.67. The molecule has 0 amide bonds. The first-order valence-electron chi connectivity index (χ1n) is 7.16. The van der Waals surface area contributed by atoms with Crippen LogP contribution < -0.4 is 0 Å². The molecule has 1 fully saturated rings. The highest BCUT2D eigenvalue weighted by atomic mass is 14.2. The number of rotatable bonds is 0. The van der Waals surface area contributed by atoms with E-state index in [0.29, 0.717) is 0 Å². The molecule has 0 aromatic carbocycles. The summed E-state index contributed by atoms with van der Waals surface area (Å²) >= 11 is 0. The zero-order valence-corrected chi connectivity index (χ0v) is 12.1. The Morgan fingerprint density at radius 2 is 1.61 bits per heavy atom. The van der Waals surface area contributed by atoms with E-state index in [1.54, 1.807) is 5.57 Å². The Morgan fingerprint density at radius 3 is 2.06 bits per heavy atom. The fourth-order valence-corrected chi connectivity index (χ4v) is 2.18. The van der Waals surface area contributed by atoms with Gasteiger partial charge in [-0.3, -0.25) is 0 Å². The van der Waals surface area contributed by atoms with E-state index in [1.165, 1.54) is 32.1 Å². The third-order valence-corrected chi connectivity index (χ3v) is 2.99. The van der Waals surface area contributed by atoms with Crippen molar-refractivity contribution < 1.29 is 0 Å². The first-order chi connectivity index (χ1) is 8.97. The summed E-state index contributed by atoms with van der Waals surface area (Å²) in [6, 6.07) is 0. The van der Waals surface area contributed by atoms with Gasteiger partial charge in [-0.1, -0.05) is 62.0 Å². The predicted octanol–water partition coefficient (Wildman–Crippen LogP) is 6.00. The minimum Gasteiger partial charge on any atom is -0.106 e. The van der Waals surface area contributed by atoms with Gasteiger partial charge in [0.25, 0.3) is 0 Å². The third-order valence-electron chi connectivity index (χ3n) is 2.99. The molecule has 1 atom stereocenters. The Balaban J connectivity index is 0.000000259. The summed E-state index contributed by atoms with van der Waals surface area (Å²) in [4.78, 5) is 0. The smallest absolute Gasteiger partial charge is 0.00169 e. The van der Waals surface area contributed by atoms with Crippen LogP contribution >= 0.6 is 0 Å². The number of fused-ring (bicyclic) bond motifs is 1. The number of allylic oxidation sites excluding steroid dienone is 8. The second-order valence-electron chi connectivity index (χ2n) is 4.06. The summed E-state index contributed by atoms with van der Waals surface area (Å²) in [7, 11) is 0. The van der Waals surface area contributed by atoms with Crippen molar-refractivity contribution in [3.05, 3.63) is 61.3 Å². The van der Waals surface area contributed by atoms with Gasteiger partial charge in [0.1, 0.15) is 0 Å². The van der Waals surface area contributed by atoms with Gasteiger partial charge < -0.3 is 0 Å². The van der Waals surface area contributed by atoms with E-state index < -0.39 is 0 Å². The van der Waals surface area contributed by atoms with Crippen LogP contribution in [-0.4, -0.2) is 0 Å². The molecule has 0 aromatic heterocycles. The van der Waals surface area contributed by atoms with Crippen LogP contribution in [0.4, 0.5) is 0 Å². The summed E-state index contributed by atoms with van der Waals surface area (Å²) in [6.45, 7) is 10.0. The molecule has 0 N–H and O–H groups in total. The summed E-state index contributed by atoms with van der Waals surface area (Å²) < 4.78 is 0. The predicted molar refractivity (Wildman–Crippen MR) is 84.7 cm³/mol. The van der Waals surface area contributed by atoms with Crippen molar-refractivity contribution in [1.29, 1.82) is 0 Å². The first kappa shape index (κ1) is 16.7. The molecule has 3 rings (SSSR count). The fraction of sp³-hybridized carbons (Fsp3) is 0.444. The molecule has 1 saturated carbocycles. The second-order valence-corrected chi connectivity index (χ2v) is 4.06. The molecule has 0 bridgehead atoms. The molecule has 1 unspecified atom stereocenters. The Hall–Kier alpha value is -1.30. The van der Waals surface area contributed by atoms with Gasteiger partial charge in [-0.2, -0.15) is 0 Å². The van der Waals surface area contributed by atoms with Crippen LogP contribution in [-0.2, 0) is 0 Å². The average molecular weight is 244 g/mol. The Kier molecular flexibility index (Phi) is 11.3. The standard InChI is InChI=1S/C8H10.C6H8.C2H6.C2H4/c1-3-7-5-2-6-8(7)4-1;1-2-4-6-5-3-1;2*1-2/h1,3-4,7H,2,5-6H2;1-4H,5-6H2;1-2H3;1-2H2. The molecule has 0 heteroatoms. The maximum atomic E-state index is 3.00. The highest BCUT2D eigenvalue weighted by molar-refractivity contribution is 5.29. The van der Waals surface area contributed by atoms with Crippen molar-refractivity contribution >= 4 is 0 Å². The maximum absolute atomic E-state index is 3.00. The van der Waals surface area contributed by atoms with Crippen LogP contribution in [0.2, 0.25) is 0 Å². The molecule has 18 heavy (non-hydrogen) atoms. The molecule has 0 aliphatic heterocycles. The van der Waals surface area contributed by atoms with Crippen molar-refractivity contribution in [2.75, 3.05) is 0 Å². The van der Waals surface area contributed by atoms with Gasteiger partial charge in [-0.15, -0.1) is 13.2 Å². The van der Waals surface area contributed by atoms with Crippen LogP contribution in [0.1, 0.15) is 46.0 Å². The summed E-state index contributed by atoms with van der Waals surface area (Å²) in [6.07, 6.45) is 22.0. The highest BCUT2D eigenvalue weighted by Gasteiger charge is 2.19. The van der Waals surface area contributed by atoms with Gasteiger partial charge in [0.2, 0.25) is 0 Å². The largest absolute Gasteiger partial charge is 0.106 e. The van der Waals surface area contributed by atoms with Crippen LogP contribution in [0.15, 0.2) is 61.3 Å². The lowest BCUT2D eigenvalue weighted by molar-refractivity contribution is 0.772. The van der Waals surface area contributed by atoms with E-state index in [0.717, 1.165) is 5.92 Å². The normalized spacial score (nSPS) is 21.4. The minimum atomic E-state index is 0.856. The quantitative estimate of drug-likeness (QED) is 0.458. The number of hydrogen-bond donors (Lipinski definition) is 0. The average Bonchev–Trinajstić information content (AvgIpc) is 3.09. The summed E-state index contributed by atoms with van der Waals surface area (Å²) in [5.74, 6) is 0.856. The number of hydrogen-bond acceptors (Lipinski definition) is 0. The van der Waals surface area contributed by atoms with Gasteiger partial charge in [0, 0.05) is 0 Å². The van der Waals surface area contributed by atoms with Crippen LogP contribution in [0.3, 0.4) is 0 Å². The maximum Gasteiger partial charge on any atom is -0.00169 e. The fourth-order valence-electron chi connectivity index (χ4n) is 2.18. The molecule has 100 valence electrons. The Bertz CT molecular complexity index is 290. The molecule has 0 heterocycles. The molecule has 0 aromatic rings. The van der Waals surface area contributed by atoms with Crippen LogP contribution in [0.25, 0.3) is 0 Å². The zero-order chi connectivity index (χ0) is 13.6. The lowest BCUT2D eigenvalue weighted by atomic mass is 10.1. The van der Waals surface area contributed by atoms with Crippen LogP contribution in [0, 0.1) is 5.92 Å². The van der Waals surface area contributed by atoms with Gasteiger partial charge in [-0.05, 0) is 38.0 Å². The lowest BCUT2D eigenvalue weighted by Crippen LogP contribution is -1.83. The van der Waals surface area contributed by atoms with E-state index in [2.05, 4.69) is 55.7 Å². The Labute approximate surface area is 113 Å². The molecule has 0 spiro atoms. The van der Waals surface area contributed by atoms with Gasteiger partial charge in [-0.25, -0.2) is 0 Å². The molecule has 3 aliphatic rings. The molecule has 0 radical (unpaired) electrons. The van der Waals surface area contributed by atoms with E-state index >= 15 is 0 Å². The van der Waals surface area contributed by atoms with E-state index in [9.17, 15) is 0 Å². The van der Waals surface area contributed by atoms with E-state index in [4.69, 9.17) is 0 Å². The van der Waals surface area contributed by atoms with Crippen molar-refractivity contribution in [2.45, 2.75) is 46.0 Å². The molecular formula is C18H28. The monoisotopic (exact) mass is 244 g/mol. The molecule has 0 saturated heterocycles. The van der Waals surface area contributed by atoms with Crippen molar-refractivity contribution in [1.82, 2.24) is 0 Å². The molecular weight excluding hydrogens is 216 g/mol. The third kappa shape index (κ3) is 6.44. The zero-order valence-electron chi connectivity index (χ0n) is 12.1. The van der Waals surface area contributed by atoms with Gasteiger partial charge in [0.05, 0.1) is 0 Å². The first-order valence-corrected chi connectivity index (χ1v) is 7.16. The lowest BCUT2D eigenvalue weighted by Gasteiger charge is -1.96. The molecule has 0 nitrogen and oxygen atoms in total. The van der Waals surface area contributed by atoms with Gasteiger partial charge >= 0.3 is 0 Å². The SMILES string of the molecule is C1=CC2CCCC2=C1.C1=CCCC=C1.C=C.CC. The Morgan fingerprint density at radius 1 is 1.00 bits per heavy atom. The van der Waals surface area contributed by atoms with Crippen molar-refractivity contribution in [3.8, 4) is 0 Å². The van der Waals surface area contributed by atoms with Crippen molar-refractivity contribution in [3.63, 3.8) is 0 Å². The minimum absolute atomic E-state index is 0.856. The van der Waals surface area contributed by atoms with E-state index in [1.807, 2.05) is 13.8 Å². The van der Waals surface area contributed by atoms with E-state index in [-0.39, 0.29) is 0 Å². The van der Waals surface area contributed by atoms with Crippen molar-refractivity contribution in [2.24, 2.45) is 5.92 Å². The van der Waals surface area contributed by atoms with Crippen LogP contribution in [0.5, 0.6) is 0 Å².